The zero-order chi connectivity index (χ0) is 30.9. The number of carboxylic acid groups (broad SMARTS) is 1. The Balaban J connectivity index is 2.18. The van der Waals surface area contributed by atoms with Gasteiger partial charge in [0.25, 0.3) is 0 Å². The van der Waals surface area contributed by atoms with Gasteiger partial charge in [-0.25, -0.2) is 4.79 Å². The number of carboxylic acids is 1. The van der Waals surface area contributed by atoms with Crippen molar-refractivity contribution < 1.29 is 29.0 Å². The lowest BCUT2D eigenvalue weighted by Gasteiger charge is -2.29. The minimum atomic E-state index is -1.32. The molecule has 0 aliphatic heterocycles. The summed E-state index contributed by atoms with van der Waals surface area (Å²) in [7, 11) is 1.58. The van der Waals surface area contributed by atoms with Crippen LogP contribution in [0.3, 0.4) is 0 Å². The van der Waals surface area contributed by atoms with Gasteiger partial charge in [-0.15, -0.1) is 0 Å². The molecule has 3 amide bonds. The van der Waals surface area contributed by atoms with Gasteiger partial charge in [-0.1, -0.05) is 30.3 Å². The normalized spacial score (nSPS) is 14.2. The van der Waals surface area contributed by atoms with Gasteiger partial charge in [-0.3, -0.25) is 14.4 Å². The molecular formula is C29H40N4O6S2. The standard InChI is InChI=1S/C29H40N4O6S2/c1-16-11-19(39-5)12-17(2)20(16)14-21(30)25(34)32-23(15-40)27(36)31-22(13-18-9-7-6-8-10-18)26(35)33-24(28(37)38)29(3,4)41/h6-12,21-24,40-41H,13-15,30H2,1-5H3,(H,31,36)(H,32,34)(H,33,35)(H,37,38)/t21-,22-,23+,24-/m0/s1. The van der Waals surface area contributed by atoms with Gasteiger partial charge in [-0.2, -0.15) is 25.3 Å². The van der Waals surface area contributed by atoms with Crippen LogP contribution < -0.4 is 26.4 Å². The lowest BCUT2D eigenvalue weighted by atomic mass is 9.96. The van der Waals surface area contributed by atoms with E-state index in [9.17, 15) is 24.3 Å². The number of ether oxygens (including phenoxy) is 1. The van der Waals surface area contributed by atoms with Crippen molar-refractivity contribution in [2.75, 3.05) is 12.9 Å². The number of amides is 3. The van der Waals surface area contributed by atoms with E-state index in [-0.39, 0.29) is 18.6 Å². The lowest BCUT2D eigenvalue weighted by molar-refractivity contribution is -0.143. The maximum Gasteiger partial charge on any atom is 0.327 e. The summed E-state index contributed by atoms with van der Waals surface area (Å²) < 4.78 is 4.20. The van der Waals surface area contributed by atoms with E-state index in [1.807, 2.05) is 32.0 Å². The summed E-state index contributed by atoms with van der Waals surface area (Å²) in [5, 5.41) is 17.4. The third-order valence-corrected chi connectivity index (χ3v) is 7.26. The summed E-state index contributed by atoms with van der Waals surface area (Å²) in [5.41, 5.74) is 9.70. The number of benzene rings is 2. The van der Waals surface area contributed by atoms with Crippen molar-refractivity contribution in [3.05, 3.63) is 64.7 Å². The van der Waals surface area contributed by atoms with Gasteiger partial charge in [-0.05, 0) is 68.5 Å². The predicted molar refractivity (Wildman–Crippen MR) is 165 cm³/mol. The van der Waals surface area contributed by atoms with Crippen molar-refractivity contribution in [2.45, 2.75) is 69.5 Å². The summed E-state index contributed by atoms with van der Waals surface area (Å²) in [6.45, 7) is 6.93. The molecule has 0 aromatic heterocycles. The van der Waals surface area contributed by atoms with Gasteiger partial charge in [0, 0.05) is 16.9 Å². The van der Waals surface area contributed by atoms with E-state index in [2.05, 4.69) is 41.2 Å². The zero-order valence-corrected chi connectivity index (χ0v) is 25.7. The lowest BCUT2D eigenvalue weighted by Crippen LogP contribution is -2.60. The Kier molecular flexibility index (Phi) is 12.5. The molecule has 2 rings (SSSR count). The molecule has 0 spiro atoms. The topological polar surface area (TPSA) is 160 Å². The van der Waals surface area contributed by atoms with Gasteiger partial charge in [0.05, 0.1) is 13.2 Å². The molecule has 41 heavy (non-hydrogen) atoms. The van der Waals surface area contributed by atoms with Crippen LogP contribution in [0.1, 0.15) is 36.1 Å². The highest BCUT2D eigenvalue weighted by atomic mass is 32.1. The second-order valence-electron chi connectivity index (χ2n) is 10.5. The Bertz CT molecular complexity index is 1210. The molecule has 0 unspecified atom stereocenters. The van der Waals surface area contributed by atoms with Gasteiger partial charge < -0.3 is 31.5 Å². The Morgan fingerprint density at radius 3 is 1.95 bits per heavy atom. The number of thiol groups is 2. The number of rotatable bonds is 14. The van der Waals surface area contributed by atoms with Gasteiger partial charge in [0.1, 0.15) is 23.9 Å². The van der Waals surface area contributed by atoms with E-state index in [4.69, 9.17) is 10.5 Å². The average molecular weight is 605 g/mol. The van der Waals surface area contributed by atoms with Crippen molar-refractivity contribution in [3.8, 4) is 5.75 Å². The van der Waals surface area contributed by atoms with E-state index >= 15 is 0 Å². The molecule has 0 radical (unpaired) electrons. The van der Waals surface area contributed by atoms with Crippen LogP contribution in [-0.2, 0) is 32.0 Å². The number of carbonyl (C=O) groups excluding carboxylic acids is 3. The Morgan fingerprint density at radius 1 is 0.927 bits per heavy atom. The van der Waals surface area contributed by atoms with Crippen molar-refractivity contribution >= 4 is 48.9 Å². The fraction of sp³-hybridized carbons (Fsp3) is 0.448. The molecule has 224 valence electrons. The van der Waals surface area contributed by atoms with Crippen LogP contribution in [0.5, 0.6) is 5.75 Å². The predicted octanol–water partition coefficient (Wildman–Crippen LogP) is 1.60. The van der Waals surface area contributed by atoms with E-state index in [0.717, 1.165) is 22.3 Å². The maximum absolute atomic E-state index is 13.3. The van der Waals surface area contributed by atoms with Crippen molar-refractivity contribution in [3.63, 3.8) is 0 Å². The largest absolute Gasteiger partial charge is 0.497 e. The van der Waals surface area contributed by atoms with Crippen LogP contribution in [0.25, 0.3) is 0 Å². The van der Waals surface area contributed by atoms with Crippen LogP contribution >= 0.6 is 25.3 Å². The number of methoxy groups -OCH3 is 1. The molecule has 2 aromatic rings. The van der Waals surface area contributed by atoms with Gasteiger partial charge in [0.15, 0.2) is 0 Å². The van der Waals surface area contributed by atoms with E-state index in [1.54, 1.807) is 45.2 Å². The SMILES string of the molecule is COc1cc(C)c(C[C@H](N)C(=O)N[C@H](CS)C(=O)N[C@@H](Cc2ccccc2)C(=O)N[C@@H](C(=O)O)C(C)(C)S)c(C)c1. The van der Waals surface area contributed by atoms with Crippen LogP contribution in [-0.4, -0.2) is 70.6 Å². The molecule has 0 heterocycles. The Morgan fingerprint density at radius 2 is 1.46 bits per heavy atom. The van der Waals surface area contributed by atoms with Crippen molar-refractivity contribution in [1.29, 1.82) is 0 Å². The first kappa shape index (κ1) is 34.0. The molecule has 2 aromatic carbocycles. The average Bonchev–Trinajstić information content (AvgIpc) is 2.90. The molecule has 0 aliphatic rings. The number of nitrogens with one attached hydrogen (secondary N) is 3. The van der Waals surface area contributed by atoms with E-state index < -0.39 is 52.6 Å². The first-order chi connectivity index (χ1) is 19.2. The highest BCUT2D eigenvalue weighted by Crippen LogP contribution is 2.23. The molecule has 0 aliphatic carbocycles. The monoisotopic (exact) mass is 604 g/mol. The number of hydrogen-bond donors (Lipinski definition) is 7. The first-order valence-electron chi connectivity index (χ1n) is 13.1. The molecular weight excluding hydrogens is 564 g/mol. The van der Waals surface area contributed by atoms with Crippen molar-refractivity contribution in [1.82, 2.24) is 16.0 Å². The van der Waals surface area contributed by atoms with Crippen LogP contribution in [0, 0.1) is 13.8 Å². The minimum absolute atomic E-state index is 0.0635. The third kappa shape index (κ3) is 9.98. The molecule has 0 bridgehead atoms. The van der Waals surface area contributed by atoms with E-state index in [0.29, 0.717) is 5.75 Å². The number of aliphatic carboxylic acids is 1. The van der Waals surface area contributed by atoms with Crippen LogP contribution in [0.4, 0.5) is 0 Å². The summed E-state index contributed by atoms with van der Waals surface area (Å²) in [6.07, 6.45) is 0.323. The summed E-state index contributed by atoms with van der Waals surface area (Å²) in [6, 6.07) is 8.15. The second kappa shape index (κ2) is 15.1. The summed E-state index contributed by atoms with van der Waals surface area (Å²) >= 11 is 8.53. The zero-order valence-electron chi connectivity index (χ0n) is 23.9. The molecule has 0 saturated carbocycles. The number of nitrogens with two attached hydrogens (primary N) is 1. The highest BCUT2D eigenvalue weighted by Gasteiger charge is 2.36. The maximum atomic E-state index is 13.3. The molecule has 0 fully saturated rings. The molecule has 4 atom stereocenters. The number of hydrogen-bond acceptors (Lipinski definition) is 8. The minimum Gasteiger partial charge on any atom is -0.497 e. The number of carbonyl (C=O) groups is 4. The number of aryl methyl sites for hydroxylation is 2. The molecule has 12 heteroatoms. The van der Waals surface area contributed by atoms with Crippen LogP contribution in [0.2, 0.25) is 0 Å². The Hall–Kier alpha value is -3.22. The molecule has 0 saturated heterocycles. The summed E-state index contributed by atoms with van der Waals surface area (Å²) in [4.78, 5) is 51.3. The van der Waals surface area contributed by atoms with Gasteiger partial charge in [0.2, 0.25) is 17.7 Å². The van der Waals surface area contributed by atoms with E-state index in [1.165, 1.54) is 0 Å². The van der Waals surface area contributed by atoms with Gasteiger partial charge >= 0.3 is 5.97 Å². The Labute approximate surface area is 252 Å². The second-order valence-corrected chi connectivity index (χ2v) is 12.0. The summed E-state index contributed by atoms with van der Waals surface area (Å²) in [5.74, 6) is -2.55. The highest BCUT2D eigenvalue weighted by molar-refractivity contribution is 7.81. The first-order valence-corrected chi connectivity index (χ1v) is 14.2. The van der Waals surface area contributed by atoms with Crippen molar-refractivity contribution in [2.24, 2.45) is 5.73 Å². The van der Waals surface area contributed by atoms with Crippen LogP contribution in [0.15, 0.2) is 42.5 Å². The smallest absolute Gasteiger partial charge is 0.327 e. The fourth-order valence-corrected chi connectivity index (χ4v) is 4.73. The molecule has 6 N–H and O–H groups in total. The quantitative estimate of drug-likeness (QED) is 0.161. The molecule has 10 nitrogen and oxygen atoms in total. The fourth-order valence-electron chi connectivity index (χ4n) is 4.29. The third-order valence-electron chi connectivity index (χ3n) is 6.64.